The van der Waals surface area contributed by atoms with Crippen molar-refractivity contribution in [3.8, 4) is 33.4 Å². The summed E-state index contributed by atoms with van der Waals surface area (Å²) in [4.78, 5) is 0. The molecule has 13 aromatic heterocycles. The van der Waals surface area contributed by atoms with Crippen LogP contribution in [0.5, 0.6) is 0 Å². The first-order valence-corrected chi connectivity index (χ1v) is 48.1. The van der Waals surface area contributed by atoms with Gasteiger partial charge in [0.2, 0.25) is 0 Å². The average molecular weight is 1760 g/mol. The van der Waals surface area contributed by atoms with Crippen LogP contribution in [0.15, 0.2) is 386 Å². The largest absolute Gasteiger partial charge is 0.456 e. The number of rotatable bonds is 0. The Bertz CT molecular complexity index is 11300. The SMILES string of the molecule is CC1(C)c2ccccc2-c2c1cc1c3cc4oc5ccccc5c4cc3n3c4ccccc4c2c13.CC1(C)c2ccccc2-c2cc3c4cc5oc6ccccc6c5cc4n4c5ccccc5c(c21)c34.CC1(C)c2ccccc2-c2ccc3c(c21)c1cccc2c4cc5oc6ccccc6c5cc4n3c21.c1ccc2c(c1)oc1cc3c4cccc5c6c7oc8ccccc8c7ccc6n(c3cc12)c45. The van der Waals surface area contributed by atoms with E-state index in [0.717, 1.165) is 72.0 Å². The van der Waals surface area contributed by atoms with Gasteiger partial charge in [-0.05, 0) is 188 Å². The molecule has 644 valence electrons. The molecule has 0 amide bonds. The molecule has 0 radical (unpaired) electrons. The van der Waals surface area contributed by atoms with Crippen molar-refractivity contribution in [2.75, 3.05) is 0 Å². The van der Waals surface area contributed by atoms with Gasteiger partial charge in [0.25, 0.3) is 0 Å². The molecule has 20 aromatic carbocycles. The lowest BCUT2D eigenvalue weighted by atomic mass is 9.80. The van der Waals surface area contributed by atoms with Crippen molar-refractivity contribution < 1.29 is 22.1 Å². The van der Waals surface area contributed by atoms with Crippen LogP contribution >= 0.6 is 0 Å². The van der Waals surface area contributed by atoms with Crippen molar-refractivity contribution in [2.45, 2.75) is 57.8 Å². The average Bonchev–Trinajstić information content (AvgIpc) is 1.50. The van der Waals surface area contributed by atoms with E-state index in [1.165, 1.54) is 257 Å². The number of para-hydroxylation sites is 9. The Morgan fingerprint density at radius 3 is 1.00 bits per heavy atom. The second-order valence-electron chi connectivity index (χ2n) is 40.6. The topological polar surface area (TPSA) is 83.3 Å². The number of aromatic nitrogens is 4. The standard InChI is InChI=1S/3C33H21NO.C30H15NO2/c1-33(2)24-12-6-3-10-19(24)30-25(33)15-23-21-17-29-22(18-9-5-8-14-28(18)35-29)16-27(21)34-26-13-7-4-11-20(26)31(30)32(23)34;1-33(2)25-12-6-3-9-18(25)23-15-24-21-17-29-22(19-10-5-8-14-28(19)35-29)16-27(21)34-26-13-7-4-11-20(26)30(31(23)33)32(24)34;1-33(2)25-12-5-3-8-18(25)20-14-15-26-30(31(20)33)22-11-7-10-21-23-17-29-24(16-27(23)34(26)32(21)22)19-9-4-6-13-28(19)35-29;1-4-11-26-16(6-1)19-12-13-23-28(30(19)33-26)20-9-5-8-18-21-15-27-22(14-24(21)31(23)29(18)20)17-7-2-3-10-25(17)32-27/h3*3-17H,1-2H3;1-15H. The maximum atomic E-state index is 6.43. The van der Waals surface area contributed by atoms with Crippen molar-refractivity contribution >= 4 is 262 Å². The number of hydrogen-bond donors (Lipinski definition) is 0. The molecule has 0 aliphatic heterocycles. The number of furan rings is 5. The molecule has 9 heteroatoms. The number of benzene rings is 20. The summed E-state index contributed by atoms with van der Waals surface area (Å²) in [6, 6.07) is 132. The molecule has 0 unspecified atom stereocenters. The summed E-state index contributed by atoms with van der Waals surface area (Å²) in [7, 11) is 0. The van der Waals surface area contributed by atoms with Crippen molar-refractivity contribution in [1.82, 2.24) is 17.6 Å². The predicted molar refractivity (Wildman–Crippen MR) is 573 cm³/mol. The Kier molecular flexibility index (Phi) is 13.6. The van der Waals surface area contributed by atoms with Gasteiger partial charge in [-0.15, -0.1) is 0 Å². The highest BCUT2D eigenvalue weighted by Crippen LogP contribution is 2.61. The fourth-order valence-electron chi connectivity index (χ4n) is 27.0. The van der Waals surface area contributed by atoms with E-state index in [-0.39, 0.29) is 16.2 Å². The highest BCUT2D eigenvalue weighted by Gasteiger charge is 2.43. The van der Waals surface area contributed by atoms with Crippen molar-refractivity contribution in [2.24, 2.45) is 0 Å². The molecule has 0 saturated heterocycles. The summed E-state index contributed by atoms with van der Waals surface area (Å²) in [5.74, 6) is 0. The second kappa shape index (κ2) is 25.4. The van der Waals surface area contributed by atoms with Gasteiger partial charge in [-0.2, -0.15) is 0 Å². The third-order valence-electron chi connectivity index (χ3n) is 32.8. The van der Waals surface area contributed by atoms with E-state index in [9.17, 15) is 0 Å². The van der Waals surface area contributed by atoms with E-state index in [4.69, 9.17) is 22.1 Å². The van der Waals surface area contributed by atoms with Crippen LogP contribution in [0.1, 0.15) is 74.9 Å². The number of nitrogens with zero attached hydrogens (tertiary/aromatic N) is 4. The Morgan fingerprint density at radius 1 is 0.167 bits per heavy atom. The minimum absolute atomic E-state index is 0.0483. The van der Waals surface area contributed by atoms with Gasteiger partial charge >= 0.3 is 0 Å². The summed E-state index contributed by atoms with van der Waals surface area (Å²) in [5.41, 5.74) is 41.3. The second-order valence-corrected chi connectivity index (χ2v) is 40.6. The summed E-state index contributed by atoms with van der Waals surface area (Å²) < 4.78 is 41.4. The smallest absolute Gasteiger partial charge is 0.145 e. The van der Waals surface area contributed by atoms with E-state index in [1.54, 1.807) is 0 Å². The van der Waals surface area contributed by atoms with Gasteiger partial charge < -0.3 is 39.7 Å². The maximum Gasteiger partial charge on any atom is 0.145 e. The summed E-state index contributed by atoms with van der Waals surface area (Å²) in [6.07, 6.45) is 0. The van der Waals surface area contributed by atoms with Gasteiger partial charge in [-0.1, -0.05) is 284 Å². The molecule has 3 aliphatic rings. The van der Waals surface area contributed by atoms with E-state index < -0.39 is 0 Å². The maximum absolute atomic E-state index is 6.43. The Morgan fingerprint density at radius 2 is 0.507 bits per heavy atom. The Hall–Kier alpha value is -17.4. The molecule has 138 heavy (non-hydrogen) atoms. The van der Waals surface area contributed by atoms with E-state index >= 15 is 0 Å². The van der Waals surface area contributed by atoms with Gasteiger partial charge in [-0.25, -0.2) is 0 Å². The van der Waals surface area contributed by atoms with Crippen LogP contribution in [-0.2, 0) is 16.2 Å². The van der Waals surface area contributed by atoms with Gasteiger partial charge in [0.15, 0.2) is 0 Å². The third-order valence-corrected chi connectivity index (χ3v) is 32.8. The van der Waals surface area contributed by atoms with Crippen LogP contribution in [0, 0.1) is 0 Å². The molecule has 3 aliphatic carbocycles. The van der Waals surface area contributed by atoms with Gasteiger partial charge in [-0.3, -0.25) is 0 Å². The first-order valence-electron chi connectivity index (χ1n) is 48.1. The van der Waals surface area contributed by atoms with Crippen LogP contribution in [0.3, 0.4) is 0 Å². The zero-order chi connectivity index (χ0) is 90.4. The van der Waals surface area contributed by atoms with Gasteiger partial charge in [0.05, 0.1) is 71.6 Å². The molecule has 0 N–H and O–H groups in total. The number of hydrogen-bond acceptors (Lipinski definition) is 5. The number of fused-ring (bicyclic) bond motifs is 52. The molecule has 33 aromatic rings. The minimum atomic E-state index is -0.0575. The summed E-state index contributed by atoms with van der Waals surface area (Å²) in [5, 5.41) is 32.4. The fourth-order valence-corrected chi connectivity index (χ4v) is 27.0. The highest BCUT2D eigenvalue weighted by atomic mass is 16.3. The Balaban J connectivity index is 0.0000000821. The molecular formula is C129H78N4O5. The molecule has 13 heterocycles. The molecule has 36 rings (SSSR count). The van der Waals surface area contributed by atoms with Crippen molar-refractivity contribution in [3.05, 3.63) is 397 Å². The van der Waals surface area contributed by atoms with E-state index in [2.05, 4.69) is 381 Å². The van der Waals surface area contributed by atoms with Crippen LogP contribution in [0.25, 0.3) is 295 Å². The predicted octanol–water partition coefficient (Wildman–Crippen LogP) is 35.8. The lowest BCUT2D eigenvalue weighted by molar-refractivity contribution is 0.661. The highest BCUT2D eigenvalue weighted by molar-refractivity contribution is 6.35. The zero-order valence-corrected chi connectivity index (χ0v) is 76.0. The van der Waals surface area contributed by atoms with Crippen LogP contribution in [0.2, 0.25) is 0 Å². The summed E-state index contributed by atoms with van der Waals surface area (Å²) in [6.45, 7) is 14.3. The molecular weight excluding hydrogens is 1690 g/mol. The first-order chi connectivity index (χ1) is 67.7. The molecule has 0 saturated carbocycles. The zero-order valence-electron chi connectivity index (χ0n) is 76.0. The summed E-state index contributed by atoms with van der Waals surface area (Å²) >= 11 is 0. The molecule has 0 fully saturated rings. The van der Waals surface area contributed by atoms with E-state index in [1.807, 2.05) is 42.5 Å². The molecule has 0 bridgehead atoms. The van der Waals surface area contributed by atoms with Crippen molar-refractivity contribution in [3.63, 3.8) is 0 Å². The minimum Gasteiger partial charge on any atom is -0.456 e. The fraction of sp³-hybridized carbons (Fsp3) is 0.0698. The van der Waals surface area contributed by atoms with Crippen LogP contribution < -0.4 is 0 Å². The third kappa shape index (κ3) is 9.01. The normalized spacial score (nSPS) is 14.3. The molecule has 0 atom stereocenters. The van der Waals surface area contributed by atoms with Crippen molar-refractivity contribution in [1.29, 1.82) is 0 Å². The van der Waals surface area contributed by atoms with Gasteiger partial charge in [0.1, 0.15) is 55.8 Å². The lowest BCUT2D eigenvalue weighted by Gasteiger charge is -2.22. The molecule has 0 spiro atoms. The van der Waals surface area contributed by atoms with Gasteiger partial charge in [0, 0.05) is 151 Å². The first kappa shape index (κ1) is 74.1. The lowest BCUT2D eigenvalue weighted by Crippen LogP contribution is -2.15. The Labute approximate surface area is 784 Å². The monoisotopic (exact) mass is 1760 g/mol. The van der Waals surface area contributed by atoms with Crippen LogP contribution in [-0.4, -0.2) is 17.6 Å². The quantitative estimate of drug-likeness (QED) is 0.151. The molecule has 9 nitrogen and oxygen atoms in total. The van der Waals surface area contributed by atoms with Crippen LogP contribution in [0.4, 0.5) is 0 Å². The van der Waals surface area contributed by atoms with E-state index in [0.29, 0.717) is 0 Å².